The van der Waals surface area contributed by atoms with Crippen LogP contribution in [0.2, 0.25) is 5.02 Å². The van der Waals surface area contributed by atoms with Gasteiger partial charge in [-0.05, 0) is 49.6 Å². The second-order valence-corrected chi connectivity index (χ2v) is 8.54. The second-order valence-electron chi connectivity index (χ2n) is 8.13. The first-order valence-electron chi connectivity index (χ1n) is 11.2. The van der Waals surface area contributed by atoms with Gasteiger partial charge >= 0.3 is 0 Å². The number of benzene rings is 2. The molecule has 0 saturated heterocycles. The molecule has 0 fully saturated rings. The Morgan fingerprint density at radius 1 is 1.06 bits per heavy atom. The number of nitrogens with one attached hydrogen (secondary N) is 2. The van der Waals surface area contributed by atoms with Gasteiger partial charge < -0.3 is 15.2 Å². The predicted molar refractivity (Wildman–Crippen MR) is 125 cm³/mol. The summed E-state index contributed by atoms with van der Waals surface area (Å²) in [5.41, 5.74) is 1.03. The smallest absolute Gasteiger partial charge is 0.254 e. The molecule has 178 valence electrons. The van der Waals surface area contributed by atoms with Crippen molar-refractivity contribution in [2.75, 3.05) is 11.9 Å². The summed E-state index contributed by atoms with van der Waals surface area (Å²) in [6, 6.07) is 7.95. The Balaban J connectivity index is 1.32. The molecule has 0 unspecified atom stereocenters. The Labute approximate surface area is 200 Å². The molecule has 0 radical (unpaired) electrons. The van der Waals surface area contributed by atoms with Crippen LogP contribution in [0.15, 0.2) is 36.4 Å². The Hall–Kier alpha value is -3.33. The molecule has 7 nitrogen and oxygen atoms in total. The van der Waals surface area contributed by atoms with Crippen LogP contribution in [0, 0.1) is 11.6 Å². The van der Waals surface area contributed by atoms with Crippen LogP contribution in [0.1, 0.15) is 48.3 Å². The van der Waals surface area contributed by atoms with Gasteiger partial charge in [-0.1, -0.05) is 18.0 Å². The first-order valence-corrected chi connectivity index (χ1v) is 11.6. The summed E-state index contributed by atoms with van der Waals surface area (Å²) < 4.78 is 28.7. The molecule has 10 heteroatoms. The zero-order valence-electron chi connectivity index (χ0n) is 18.4. The molecule has 1 aliphatic rings. The number of carbonyl (C=O) groups is 2. The Kier molecular flexibility index (Phi) is 7.52. The van der Waals surface area contributed by atoms with E-state index in [1.54, 1.807) is 18.2 Å². The lowest BCUT2D eigenvalue weighted by Crippen LogP contribution is -2.26. The SMILES string of the molecule is O=C(CCCNC(=O)c1ccc(F)cc1F)Nc1ccc(Cl)c(-c2nnc3n2CCCCC3)c1. The van der Waals surface area contributed by atoms with E-state index in [1.165, 1.54) is 0 Å². The molecular weight excluding hydrogens is 464 g/mol. The Bertz CT molecular complexity index is 1210. The van der Waals surface area contributed by atoms with Crippen LogP contribution < -0.4 is 10.6 Å². The molecule has 0 aliphatic carbocycles. The van der Waals surface area contributed by atoms with E-state index >= 15 is 0 Å². The zero-order valence-corrected chi connectivity index (χ0v) is 19.2. The first kappa shape index (κ1) is 23.8. The highest BCUT2D eigenvalue weighted by atomic mass is 35.5. The van der Waals surface area contributed by atoms with E-state index in [0.29, 0.717) is 34.6 Å². The van der Waals surface area contributed by atoms with E-state index in [1.807, 2.05) is 0 Å². The number of fused-ring (bicyclic) bond motifs is 1. The molecule has 2 N–H and O–H groups in total. The van der Waals surface area contributed by atoms with E-state index in [2.05, 4.69) is 25.4 Å². The molecular formula is C24H24ClF2N5O2. The molecule has 4 rings (SSSR count). The van der Waals surface area contributed by atoms with Gasteiger partial charge in [0.2, 0.25) is 5.91 Å². The van der Waals surface area contributed by atoms with E-state index in [4.69, 9.17) is 11.6 Å². The van der Waals surface area contributed by atoms with E-state index < -0.39 is 17.5 Å². The van der Waals surface area contributed by atoms with Crippen LogP contribution in [0.3, 0.4) is 0 Å². The summed E-state index contributed by atoms with van der Waals surface area (Å²) in [7, 11) is 0. The maximum absolute atomic E-state index is 13.7. The summed E-state index contributed by atoms with van der Waals surface area (Å²) >= 11 is 6.43. The standard InChI is InChI=1S/C24H24ClF2N5O2/c25-19-10-8-16(14-18(19)23-31-30-21-5-2-1-3-12-32(21)23)29-22(33)6-4-11-28-24(34)17-9-7-15(26)13-20(17)27/h7-10,13-14H,1-6,11-12H2,(H,28,34)(H,29,33). The monoisotopic (exact) mass is 487 g/mol. The third-order valence-electron chi connectivity index (χ3n) is 5.64. The molecule has 2 amide bonds. The number of carbonyl (C=O) groups excluding carboxylic acids is 2. The fourth-order valence-corrected chi connectivity index (χ4v) is 4.10. The Morgan fingerprint density at radius 3 is 2.74 bits per heavy atom. The molecule has 1 aliphatic heterocycles. The number of nitrogens with zero attached hydrogens (tertiary/aromatic N) is 3. The number of aromatic nitrogens is 3. The summed E-state index contributed by atoms with van der Waals surface area (Å²) in [6.07, 6.45) is 4.65. The molecule has 0 saturated carbocycles. The second kappa shape index (κ2) is 10.7. The molecule has 1 aromatic heterocycles. The van der Waals surface area contributed by atoms with Gasteiger partial charge in [0.1, 0.15) is 17.5 Å². The van der Waals surface area contributed by atoms with E-state index in [9.17, 15) is 18.4 Å². The van der Waals surface area contributed by atoms with Gasteiger partial charge in [-0.2, -0.15) is 0 Å². The van der Waals surface area contributed by atoms with Gasteiger partial charge in [0.05, 0.1) is 10.6 Å². The molecule has 0 bridgehead atoms. The van der Waals surface area contributed by atoms with Crippen molar-refractivity contribution in [3.63, 3.8) is 0 Å². The zero-order chi connectivity index (χ0) is 24.1. The fourth-order valence-electron chi connectivity index (χ4n) is 3.90. The summed E-state index contributed by atoms with van der Waals surface area (Å²) in [5, 5.41) is 14.5. The van der Waals surface area contributed by atoms with Crippen LogP contribution in [0.25, 0.3) is 11.4 Å². The third-order valence-corrected chi connectivity index (χ3v) is 5.97. The van der Waals surface area contributed by atoms with Crippen molar-refractivity contribution in [1.29, 1.82) is 0 Å². The van der Waals surface area contributed by atoms with Crippen LogP contribution in [0.4, 0.5) is 14.5 Å². The van der Waals surface area contributed by atoms with Gasteiger partial charge in [-0.15, -0.1) is 10.2 Å². The molecule has 3 aromatic rings. The average Bonchev–Trinajstić information content (AvgIpc) is 3.05. The maximum Gasteiger partial charge on any atom is 0.254 e. The molecule has 2 aromatic carbocycles. The first-order chi connectivity index (χ1) is 16.4. The lowest BCUT2D eigenvalue weighted by Gasteiger charge is -2.11. The molecule has 0 atom stereocenters. The van der Waals surface area contributed by atoms with Crippen LogP contribution in [0.5, 0.6) is 0 Å². The average molecular weight is 488 g/mol. The number of rotatable bonds is 7. The lowest BCUT2D eigenvalue weighted by atomic mass is 10.1. The van der Waals surface area contributed by atoms with Gasteiger partial charge in [0.25, 0.3) is 5.91 Å². The van der Waals surface area contributed by atoms with Gasteiger partial charge in [0, 0.05) is 43.2 Å². The molecule has 34 heavy (non-hydrogen) atoms. The largest absolute Gasteiger partial charge is 0.352 e. The highest BCUT2D eigenvalue weighted by Crippen LogP contribution is 2.31. The third kappa shape index (κ3) is 5.59. The van der Waals surface area contributed by atoms with Crippen molar-refractivity contribution in [1.82, 2.24) is 20.1 Å². The highest BCUT2D eigenvalue weighted by molar-refractivity contribution is 6.33. The van der Waals surface area contributed by atoms with E-state index in [0.717, 1.165) is 50.2 Å². The summed E-state index contributed by atoms with van der Waals surface area (Å²) in [4.78, 5) is 24.4. The van der Waals surface area contributed by atoms with Gasteiger partial charge in [-0.25, -0.2) is 8.78 Å². The quantitative estimate of drug-likeness (QED) is 0.471. The van der Waals surface area contributed by atoms with Crippen molar-refractivity contribution in [3.05, 3.63) is 64.4 Å². The minimum atomic E-state index is -0.932. The topological polar surface area (TPSA) is 88.9 Å². The van der Waals surface area contributed by atoms with Crippen molar-refractivity contribution >= 4 is 29.1 Å². The highest BCUT2D eigenvalue weighted by Gasteiger charge is 2.19. The summed E-state index contributed by atoms with van der Waals surface area (Å²) in [6.45, 7) is 0.999. The van der Waals surface area contributed by atoms with Crippen molar-refractivity contribution in [2.24, 2.45) is 0 Å². The molecule has 2 heterocycles. The normalized spacial score (nSPS) is 13.1. The van der Waals surface area contributed by atoms with Gasteiger partial charge in [0.15, 0.2) is 5.82 Å². The molecule has 0 spiro atoms. The van der Waals surface area contributed by atoms with Crippen molar-refractivity contribution < 1.29 is 18.4 Å². The fraction of sp³-hybridized carbons (Fsp3) is 0.333. The van der Waals surface area contributed by atoms with Crippen LogP contribution >= 0.6 is 11.6 Å². The van der Waals surface area contributed by atoms with Crippen LogP contribution in [-0.4, -0.2) is 33.1 Å². The van der Waals surface area contributed by atoms with Gasteiger partial charge in [-0.3, -0.25) is 9.59 Å². The van der Waals surface area contributed by atoms with Crippen molar-refractivity contribution in [3.8, 4) is 11.4 Å². The predicted octanol–water partition coefficient (Wildman–Crippen LogP) is 4.75. The van der Waals surface area contributed by atoms with E-state index in [-0.39, 0.29) is 24.4 Å². The minimum Gasteiger partial charge on any atom is -0.352 e. The number of anilines is 1. The maximum atomic E-state index is 13.7. The number of hydrogen-bond donors (Lipinski definition) is 2. The van der Waals surface area contributed by atoms with Crippen molar-refractivity contribution in [2.45, 2.75) is 45.1 Å². The van der Waals surface area contributed by atoms with Crippen LogP contribution in [-0.2, 0) is 17.8 Å². The number of hydrogen-bond acceptors (Lipinski definition) is 4. The number of halogens is 3. The summed E-state index contributed by atoms with van der Waals surface area (Å²) in [5.74, 6) is -0.952. The lowest BCUT2D eigenvalue weighted by molar-refractivity contribution is -0.116. The minimum absolute atomic E-state index is 0.143. The Morgan fingerprint density at radius 2 is 1.91 bits per heavy atom. The number of aryl methyl sites for hydroxylation is 1. The number of amides is 2.